The van der Waals surface area contributed by atoms with Gasteiger partial charge in [0.25, 0.3) is 5.56 Å². The average molecular weight is 478 g/mol. The van der Waals surface area contributed by atoms with Crippen LogP contribution < -0.4 is 21.3 Å². The molecule has 0 spiro atoms. The molecule has 0 saturated carbocycles. The largest absolute Gasteiger partial charge is 0.491 e. The molecule has 0 fully saturated rings. The molecule has 3 rings (SSSR count). The number of fused-ring (bicyclic) bond motifs is 1. The molecule has 0 saturated heterocycles. The molecule has 3 N–H and O–H groups in total. The third-order valence-electron chi connectivity index (χ3n) is 5.75. The number of aryl methyl sites for hydroxylation is 1. The fraction of sp³-hybridized carbons (Fsp3) is 0.522. The second-order valence-electron chi connectivity index (χ2n) is 8.25. The summed E-state index contributed by atoms with van der Waals surface area (Å²) >= 11 is 5.89. The van der Waals surface area contributed by atoms with E-state index in [1.807, 2.05) is 0 Å². The number of rotatable bonds is 12. The number of aliphatic hydroxyl groups excluding tert-OH is 1. The van der Waals surface area contributed by atoms with Crippen LogP contribution in [-0.4, -0.2) is 43.5 Å². The Bertz CT molecular complexity index is 1170. The lowest BCUT2D eigenvalue weighted by atomic mass is 9.99. The van der Waals surface area contributed by atoms with Crippen molar-refractivity contribution < 1.29 is 9.84 Å². The van der Waals surface area contributed by atoms with Crippen LogP contribution in [0.3, 0.4) is 0 Å². The van der Waals surface area contributed by atoms with Crippen LogP contribution in [0.5, 0.6) is 5.75 Å². The number of imidazole rings is 1. The van der Waals surface area contributed by atoms with Gasteiger partial charge in [-0.2, -0.15) is 4.98 Å². The maximum atomic E-state index is 12.6. The summed E-state index contributed by atoms with van der Waals surface area (Å²) in [5.74, 6) is 1.48. The molecule has 0 bridgehead atoms. The number of halogens is 1. The minimum Gasteiger partial charge on any atom is -0.491 e. The topological polar surface area (TPSA) is 114 Å². The molecule has 33 heavy (non-hydrogen) atoms. The van der Waals surface area contributed by atoms with Gasteiger partial charge in [-0.25, -0.2) is 4.79 Å². The molecule has 10 heteroatoms. The maximum absolute atomic E-state index is 12.6. The summed E-state index contributed by atoms with van der Waals surface area (Å²) in [7, 11) is 1.55. The first-order valence-corrected chi connectivity index (χ1v) is 11.7. The first kappa shape index (κ1) is 24.9. The number of aromatic nitrogens is 4. The highest BCUT2D eigenvalue weighted by atomic mass is 35.5. The quantitative estimate of drug-likeness (QED) is 0.369. The molecule has 2 heterocycles. The van der Waals surface area contributed by atoms with Crippen LogP contribution in [0.4, 0.5) is 5.95 Å². The molecule has 1 aromatic carbocycles. The summed E-state index contributed by atoms with van der Waals surface area (Å²) < 4.78 is 8.57. The highest BCUT2D eigenvalue weighted by Crippen LogP contribution is 2.20. The third-order valence-corrected chi connectivity index (χ3v) is 6.00. The monoisotopic (exact) mass is 477 g/mol. The van der Waals surface area contributed by atoms with E-state index in [0.29, 0.717) is 29.2 Å². The van der Waals surface area contributed by atoms with E-state index in [0.717, 1.165) is 25.7 Å². The first-order chi connectivity index (χ1) is 15.8. The Labute approximate surface area is 197 Å². The fourth-order valence-corrected chi connectivity index (χ4v) is 3.84. The molecule has 0 radical (unpaired) electrons. The van der Waals surface area contributed by atoms with E-state index in [1.54, 1.807) is 35.9 Å². The zero-order valence-electron chi connectivity index (χ0n) is 19.3. The summed E-state index contributed by atoms with van der Waals surface area (Å²) in [5.41, 5.74) is -0.590. The minimum atomic E-state index is -0.919. The van der Waals surface area contributed by atoms with E-state index in [9.17, 15) is 14.7 Å². The van der Waals surface area contributed by atoms with Gasteiger partial charge in [-0.1, -0.05) is 44.7 Å². The predicted molar refractivity (Wildman–Crippen MR) is 130 cm³/mol. The molecule has 0 aliphatic rings. The summed E-state index contributed by atoms with van der Waals surface area (Å²) in [5, 5.41) is 14.6. The standard InChI is InChI=1S/C23H32ClN5O4/c1-4-6-7-15(5-2)12-25-22-26-20-19(21(31)27-23(32)28(20)3)29(22)13-17(30)14-33-18-10-8-16(24)9-11-18/h8-11,15,17,30H,4-7,12-14H2,1-3H3,(H,25,26)(H,27,31,32)/t15-,17+/m1/s1. The van der Waals surface area contributed by atoms with Crippen LogP contribution in [-0.2, 0) is 13.6 Å². The van der Waals surface area contributed by atoms with Crippen molar-refractivity contribution in [2.75, 3.05) is 18.5 Å². The molecule has 2 atom stereocenters. The smallest absolute Gasteiger partial charge is 0.329 e. The number of ether oxygens (including phenoxy) is 1. The second-order valence-corrected chi connectivity index (χ2v) is 8.69. The number of benzene rings is 1. The Kier molecular flexibility index (Phi) is 8.57. The molecule has 0 aliphatic heterocycles. The number of hydrogen-bond donors (Lipinski definition) is 3. The Morgan fingerprint density at radius 1 is 1.24 bits per heavy atom. The van der Waals surface area contributed by atoms with Gasteiger partial charge in [0.05, 0.1) is 6.54 Å². The summed E-state index contributed by atoms with van der Waals surface area (Å²) in [6, 6.07) is 6.85. The molecule has 3 aromatic rings. The van der Waals surface area contributed by atoms with E-state index in [4.69, 9.17) is 16.3 Å². The van der Waals surface area contributed by atoms with Crippen LogP contribution in [0, 0.1) is 5.92 Å². The van der Waals surface area contributed by atoms with Crippen molar-refractivity contribution >= 4 is 28.7 Å². The molecule has 0 unspecified atom stereocenters. The van der Waals surface area contributed by atoms with Gasteiger partial charge in [0, 0.05) is 18.6 Å². The highest BCUT2D eigenvalue weighted by molar-refractivity contribution is 6.30. The number of nitrogens with zero attached hydrogens (tertiary/aromatic N) is 3. The normalized spacial score (nSPS) is 13.2. The summed E-state index contributed by atoms with van der Waals surface area (Å²) in [4.78, 5) is 31.5. The molecule has 9 nitrogen and oxygen atoms in total. The Balaban J connectivity index is 1.84. The van der Waals surface area contributed by atoms with Crippen molar-refractivity contribution in [3.05, 3.63) is 50.1 Å². The van der Waals surface area contributed by atoms with Crippen molar-refractivity contribution in [1.29, 1.82) is 0 Å². The number of aromatic amines is 1. The van der Waals surface area contributed by atoms with Crippen molar-refractivity contribution in [2.24, 2.45) is 13.0 Å². The van der Waals surface area contributed by atoms with Gasteiger partial charge in [-0.15, -0.1) is 0 Å². The van der Waals surface area contributed by atoms with Crippen LogP contribution >= 0.6 is 11.6 Å². The van der Waals surface area contributed by atoms with Gasteiger partial charge in [0.15, 0.2) is 11.2 Å². The van der Waals surface area contributed by atoms with Crippen LogP contribution in [0.25, 0.3) is 11.2 Å². The van der Waals surface area contributed by atoms with Gasteiger partial charge in [-0.3, -0.25) is 14.3 Å². The van der Waals surface area contributed by atoms with E-state index in [1.165, 1.54) is 4.57 Å². The average Bonchev–Trinajstić information content (AvgIpc) is 3.16. The second kappa shape index (κ2) is 11.4. The molecule has 2 aromatic heterocycles. The number of nitrogens with one attached hydrogen (secondary N) is 2. The van der Waals surface area contributed by atoms with Gasteiger partial charge >= 0.3 is 5.69 Å². The van der Waals surface area contributed by atoms with Gasteiger partial charge < -0.3 is 19.7 Å². The van der Waals surface area contributed by atoms with Gasteiger partial charge in [0.1, 0.15) is 18.5 Å². The summed E-state index contributed by atoms with van der Waals surface area (Å²) in [6.45, 7) is 5.08. The predicted octanol–water partition coefficient (Wildman–Crippen LogP) is 3.14. The van der Waals surface area contributed by atoms with E-state index >= 15 is 0 Å². The molecular weight excluding hydrogens is 446 g/mol. The van der Waals surface area contributed by atoms with Crippen LogP contribution in [0.1, 0.15) is 39.5 Å². The van der Waals surface area contributed by atoms with E-state index in [-0.39, 0.29) is 24.3 Å². The van der Waals surface area contributed by atoms with Crippen molar-refractivity contribution in [2.45, 2.75) is 52.2 Å². The fourth-order valence-electron chi connectivity index (χ4n) is 3.71. The van der Waals surface area contributed by atoms with Gasteiger partial charge in [0.2, 0.25) is 5.95 Å². The SMILES string of the molecule is CCCC[C@@H](CC)CNc1nc2c(c(=O)[nH]c(=O)n2C)n1C[C@H](O)COc1ccc(Cl)cc1. The Hall–Kier alpha value is -2.78. The Morgan fingerprint density at radius 3 is 2.64 bits per heavy atom. The summed E-state index contributed by atoms with van der Waals surface area (Å²) in [6.07, 6.45) is 3.47. The number of H-pyrrole nitrogens is 1. The molecule has 0 aliphatic carbocycles. The highest BCUT2D eigenvalue weighted by Gasteiger charge is 2.20. The zero-order valence-corrected chi connectivity index (χ0v) is 20.1. The van der Waals surface area contributed by atoms with Crippen LogP contribution in [0.15, 0.2) is 33.9 Å². The van der Waals surface area contributed by atoms with Crippen molar-refractivity contribution in [3.8, 4) is 5.75 Å². The van der Waals surface area contributed by atoms with Crippen molar-refractivity contribution in [1.82, 2.24) is 19.1 Å². The number of anilines is 1. The minimum absolute atomic E-state index is 0.0124. The molecular formula is C23H32ClN5O4. The Morgan fingerprint density at radius 2 is 1.97 bits per heavy atom. The number of hydrogen-bond acceptors (Lipinski definition) is 6. The van der Waals surface area contributed by atoms with Crippen LogP contribution in [0.2, 0.25) is 5.02 Å². The van der Waals surface area contributed by atoms with Crippen molar-refractivity contribution in [3.63, 3.8) is 0 Å². The lowest BCUT2D eigenvalue weighted by molar-refractivity contribution is 0.0938. The number of aliphatic hydroxyl groups is 1. The maximum Gasteiger partial charge on any atom is 0.329 e. The molecule has 0 amide bonds. The number of unbranched alkanes of at least 4 members (excludes halogenated alkanes) is 1. The van der Waals surface area contributed by atoms with E-state index < -0.39 is 17.4 Å². The van der Waals surface area contributed by atoms with Gasteiger partial charge in [-0.05, 0) is 36.6 Å². The zero-order chi connectivity index (χ0) is 24.0. The van der Waals surface area contributed by atoms with E-state index in [2.05, 4.69) is 29.1 Å². The first-order valence-electron chi connectivity index (χ1n) is 11.3. The molecule has 180 valence electrons. The lowest BCUT2D eigenvalue weighted by Gasteiger charge is -2.18. The lowest BCUT2D eigenvalue weighted by Crippen LogP contribution is -2.31. The third kappa shape index (κ3) is 6.17.